The lowest BCUT2D eigenvalue weighted by atomic mass is 10.4. The van der Waals surface area contributed by atoms with Gasteiger partial charge >= 0.3 is 6.01 Å². The van der Waals surface area contributed by atoms with Crippen LogP contribution in [0.15, 0.2) is 0 Å². The van der Waals surface area contributed by atoms with Crippen molar-refractivity contribution in [1.29, 1.82) is 0 Å². The van der Waals surface area contributed by atoms with E-state index in [0.717, 1.165) is 13.0 Å². The van der Waals surface area contributed by atoms with Crippen LogP contribution < -0.4 is 15.0 Å². The van der Waals surface area contributed by atoms with Gasteiger partial charge in [-0.2, -0.15) is 15.0 Å². The summed E-state index contributed by atoms with van der Waals surface area (Å²) in [5, 5.41) is 11.9. The molecule has 0 aliphatic carbocycles. The van der Waals surface area contributed by atoms with E-state index < -0.39 is 0 Å². The van der Waals surface area contributed by atoms with Gasteiger partial charge in [-0.05, 0) is 6.42 Å². The average molecular weight is 241 g/mol. The first-order chi connectivity index (χ1) is 8.24. The van der Waals surface area contributed by atoms with Crippen LogP contribution in [0.2, 0.25) is 0 Å². The summed E-state index contributed by atoms with van der Waals surface area (Å²) in [4.78, 5) is 14.3. The Balaban J connectivity index is 2.99. The van der Waals surface area contributed by atoms with E-state index in [4.69, 9.17) is 9.84 Å². The number of anilines is 2. The molecule has 0 amide bonds. The van der Waals surface area contributed by atoms with Crippen LogP contribution in [0.5, 0.6) is 6.01 Å². The van der Waals surface area contributed by atoms with Gasteiger partial charge in [0.05, 0.1) is 13.7 Å². The van der Waals surface area contributed by atoms with E-state index in [0.29, 0.717) is 18.4 Å². The second kappa shape index (κ2) is 6.85. The number of aromatic nitrogens is 3. The fraction of sp³-hybridized carbons (Fsp3) is 0.700. The predicted molar refractivity (Wildman–Crippen MR) is 65.5 cm³/mol. The molecule has 0 saturated heterocycles. The average Bonchev–Trinajstić information content (AvgIpc) is 2.37. The number of rotatable bonds is 7. The van der Waals surface area contributed by atoms with Crippen LogP contribution in [-0.4, -0.2) is 53.9 Å². The highest BCUT2D eigenvalue weighted by Gasteiger charge is 2.12. The summed E-state index contributed by atoms with van der Waals surface area (Å²) in [6.07, 6.45) is 0.947. The summed E-state index contributed by atoms with van der Waals surface area (Å²) in [5.74, 6) is 0.961. The highest BCUT2D eigenvalue weighted by molar-refractivity contribution is 5.37. The molecule has 0 atom stereocenters. The van der Waals surface area contributed by atoms with Crippen LogP contribution >= 0.6 is 0 Å². The number of nitrogens with one attached hydrogen (secondary N) is 1. The van der Waals surface area contributed by atoms with Crippen molar-refractivity contribution in [3.63, 3.8) is 0 Å². The largest absolute Gasteiger partial charge is 0.467 e. The molecule has 7 nitrogen and oxygen atoms in total. The number of hydrogen-bond donors (Lipinski definition) is 2. The van der Waals surface area contributed by atoms with Gasteiger partial charge in [-0.3, -0.25) is 0 Å². The minimum Gasteiger partial charge on any atom is -0.467 e. The van der Waals surface area contributed by atoms with E-state index in [9.17, 15) is 0 Å². The van der Waals surface area contributed by atoms with Crippen LogP contribution in [0.1, 0.15) is 13.3 Å². The van der Waals surface area contributed by atoms with Crippen molar-refractivity contribution in [2.24, 2.45) is 0 Å². The molecule has 0 bridgehead atoms. The van der Waals surface area contributed by atoms with Gasteiger partial charge in [-0.15, -0.1) is 0 Å². The van der Waals surface area contributed by atoms with E-state index >= 15 is 0 Å². The fourth-order valence-corrected chi connectivity index (χ4v) is 1.39. The van der Waals surface area contributed by atoms with Gasteiger partial charge in [0.2, 0.25) is 11.9 Å². The van der Waals surface area contributed by atoms with Gasteiger partial charge < -0.3 is 20.1 Å². The Morgan fingerprint density at radius 1 is 1.29 bits per heavy atom. The molecule has 0 spiro atoms. The molecule has 1 rings (SSSR count). The minimum absolute atomic E-state index is 0.0584. The normalized spacial score (nSPS) is 10.1. The molecule has 0 unspecified atom stereocenters. The number of nitrogens with zero attached hydrogens (tertiary/aromatic N) is 4. The van der Waals surface area contributed by atoms with Crippen LogP contribution in [0, 0.1) is 0 Å². The molecule has 0 aliphatic rings. The Kier molecular flexibility index (Phi) is 5.41. The smallest absolute Gasteiger partial charge is 0.322 e. The summed E-state index contributed by atoms with van der Waals surface area (Å²) >= 11 is 0. The molecular weight excluding hydrogens is 222 g/mol. The molecule has 0 radical (unpaired) electrons. The zero-order valence-electron chi connectivity index (χ0n) is 10.5. The number of hydrogen-bond acceptors (Lipinski definition) is 7. The lowest BCUT2D eigenvalue weighted by Crippen LogP contribution is -2.29. The molecule has 7 heteroatoms. The van der Waals surface area contributed by atoms with E-state index in [2.05, 4.69) is 27.2 Å². The van der Waals surface area contributed by atoms with Gasteiger partial charge in [-0.1, -0.05) is 6.92 Å². The monoisotopic (exact) mass is 241 g/mol. The Morgan fingerprint density at radius 3 is 2.59 bits per heavy atom. The maximum Gasteiger partial charge on any atom is 0.322 e. The summed E-state index contributed by atoms with van der Waals surface area (Å²) in [6.45, 7) is 3.38. The van der Waals surface area contributed by atoms with Crippen molar-refractivity contribution < 1.29 is 9.84 Å². The zero-order chi connectivity index (χ0) is 12.7. The summed E-state index contributed by atoms with van der Waals surface area (Å²) in [7, 11) is 3.24. The molecule has 1 aromatic rings. The number of methoxy groups -OCH3 is 1. The van der Waals surface area contributed by atoms with E-state index in [1.165, 1.54) is 7.11 Å². The molecule has 17 heavy (non-hydrogen) atoms. The Labute approximate surface area is 101 Å². The first-order valence-corrected chi connectivity index (χ1v) is 5.58. The number of ether oxygens (including phenoxy) is 1. The van der Waals surface area contributed by atoms with Gasteiger partial charge in [0.15, 0.2) is 0 Å². The highest BCUT2D eigenvalue weighted by Crippen LogP contribution is 2.14. The third-order valence-corrected chi connectivity index (χ3v) is 2.16. The predicted octanol–water partition coefficient (Wildman–Crippen LogP) is 0.131. The Bertz CT molecular complexity index is 319. The van der Waals surface area contributed by atoms with Crippen molar-refractivity contribution in [2.75, 3.05) is 44.1 Å². The summed E-state index contributed by atoms with van der Waals surface area (Å²) < 4.78 is 5.01. The van der Waals surface area contributed by atoms with Gasteiger partial charge in [0.1, 0.15) is 0 Å². The summed E-state index contributed by atoms with van der Waals surface area (Å²) in [6, 6.07) is 0.262. The third-order valence-electron chi connectivity index (χ3n) is 2.16. The molecule has 1 aromatic heterocycles. The lowest BCUT2D eigenvalue weighted by molar-refractivity contribution is 0.300. The maximum atomic E-state index is 9.02. The van der Waals surface area contributed by atoms with Crippen LogP contribution in [0.25, 0.3) is 0 Å². The molecule has 2 N–H and O–H groups in total. The van der Waals surface area contributed by atoms with E-state index in [1.807, 2.05) is 4.90 Å². The number of aliphatic hydroxyl groups excluding tert-OH is 1. The molecular formula is C10H19N5O2. The summed E-state index contributed by atoms with van der Waals surface area (Å²) in [5.41, 5.74) is 0. The van der Waals surface area contributed by atoms with Gasteiger partial charge in [0.25, 0.3) is 0 Å². The van der Waals surface area contributed by atoms with Crippen LogP contribution in [-0.2, 0) is 0 Å². The second-order valence-electron chi connectivity index (χ2n) is 3.41. The zero-order valence-corrected chi connectivity index (χ0v) is 10.5. The first kappa shape index (κ1) is 13.4. The number of aliphatic hydroxyl groups is 1. The van der Waals surface area contributed by atoms with Crippen molar-refractivity contribution >= 4 is 11.9 Å². The standard InChI is InChI=1S/C10H19N5O2/c1-4-5-15(6-7-16)9-12-8(11-2)13-10(14-9)17-3/h16H,4-7H2,1-3H3,(H,11,12,13,14). The van der Waals surface area contributed by atoms with Crippen molar-refractivity contribution in [2.45, 2.75) is 13.3 Å². The second-order valence-corrected chi connectivity index (χ2v) is 3.41. The Hall–Kier alpha value is -1.63. The lowest BCUT2D eigenvalue weighted by Gasteiger charge is -2.21. The van der Waals surface area contributed by atoms with Crippen molar-refractivity contribution in [3.05, 3.63) is 0 Å². The van der Waals surface area contributed by atoms with E-state index in [-0.39, 0.29) is 12.6 Å². The van der Waals surface area contributed by atoms with Crippen molar-refractivity contribution in [1.82, 2.24) is 15.0 Å². The SMILES string of the molecule is CCCN(CCO)c1nc(NC)nc(OC)n1. The molecule has 0 aliphatic heterocycles. The fourth-order valence-electron chi connectivity index (χ4n) is 1.39. The minimum atomic E-state index is 0.0584. The molecule has 0 aromatic carbocycles. The topological polar surface area (TPSA) is 83.4 Å². The molecule has 96 valence electrons. The molecule has 1 heterocycles. The van der Waals surface area contributed by atoms with Crippen LogP contribution in [0.4, 0.5) is 11.9 Å². The molecule has 0 saturated carbocycles. The quantitative estimate of drug-likeness (QED) is 0.702. The maximum absolute atomic E-state index is 9.02. The van der Waals surface area contributed by atoms with Gasteiger partial charge in [-0.25, -0.2) is 0 Å². The highest BCUT2D eigenvalue weighted by atomic mass is 16.5. The van der Waals surface area contributed by atoms with Gasteiger partial charge in [0, 0.05) is 20.1 Å². The molecule has 0 fully saturated rings. The third kappa shape index (κ3) is 3.70. The van der Waals surface area contributed by atoms with E-state index in [1.54, 1.807) is 7.05 Å². The Morgan fingerprint density at radius 2 is 2.06 bits per heavy atom. The first-order valence-electron chi connectivity index (χ1n) is 5.58. The van der Waals surface area contributed by atoms with Crippen LogP contribution in [0.3, 0.4) is 0 Å². The van der Waals surface area contributed by atoms with Crippen molar-refractivity contribution in [3.8, 4) is 6.01 Å².